The Bertz CT molecular complexity index is 657. The lowest BCUT2D eigenvalue weighted by molar-refractivity contribution is 0.284. The Kier molecular flexibility index (Phi) is 3.56. The minimum Gasteiger partial charge on any atom is -0.404 e. The van der Waals surface area contributed by atoms with Crippen molar-refractivity contribution in [2.45, 2.75) is 18.8 Å². The fraction of sp³-hybridized carbons (Fsp3) is 0.385. The number of H-pyrrole nitrogens is 1. The van der Waals surface area contributed by atoms with Crippen molar-refractivity contribution in [3.8, 4) is 5.75 Å². The molecule has 0 radical (unpaired) electrons. The monoisotopic (exact) mass is 296 g/mol. The zero-order chi connectivity index (χ0) is 14.2. The molecule has 0 spiro atoms. The van der Waals surface area contributed by atoms with Crippen LogP contribution >= 0.6 is 7.82 Å². The number of phosphoric acid groups is 1. The molecule has 108 valence electrons. The highest BCUT2D eigenvalue weighted by Crippen LogP contribution is 2.43. The average Bonchev–Trinajstić information content (AvgIpc) is 2.83. The molecular weight excluding hydrogens is 279 g/mol. The summed E-state index contributed by atoms with van der Waals surface area (Å²) in [7, 11) is -4.55. The van der Waals surface area contributed by atoms with Crippen LogP contribution in [0, 0.1) is 0 Å². The summed E-state index contributed by atoms with van der Waals surface area (Å²) < 4.78 is 15.9. The third kappa shape index (κ3) is 2.74. The predicted molar refractivity (Wildman–Crippen MR) is 75.8 cm³/mol. The molecule has 0 aliphatic carbocycles. The van der Waals surface area contributed by atoms with Crippen LogP contribution in [0.5, 0.6) is 5.75 Å². The standard InChI is InChI=1S/C13H17N2O4P/c16-20(17,18)19-12-3-1-2-11-13(12)10(8-15-11)9-4-6-14-7-5-9/h1-3,8-9,14-15H,4-7H2,(H2,16,17,18). The minimum atomic E-state index is -4.55. The molecule has 2 heterocycles. The molecule has 1 aromatic carbocycles. The molecular formula is C13H17N2O4P. The van der Waals surface area contributed by atoms with Crippen molar-refractivity contribution in [1.82, 2.24) is 10.3 Å². The largest absolute Gasteiger partial charge is 0.524 e. The Morgan fingerprint density at radius 3 is 2.70 bits per heavy atom. The van der Waals surface area contributed by atoms with Crippen molar-refractivity contribution < 1.29 is 18.9 Å². The molecule has 1 aliphatic rings. The van der Waals surface area contributed by atoms with Crippen molar-refractivity contribution >= 4 is 18.7 Å². The van der Waals surface area contributed by atoms with Crippen LogP contribution in [0.4, 0.5) is 0 Å². The smallest absolute Gasteiger partial charge is 0.404 e. The fourth-order valence-corrected chi connectivity index (χ4v) is 3.24. The third-order valence-corrected chi connectivity index (χ3v) is 4.13. The summed E-state index contributed by atoms with van der Waals surface area (Å²) in [5, 5.41) is 4.09. The second-order valence-electron chi connectivity index (χ2n) is 5.03. The Morgan fingerprint density at radius 2 is 2.00 bits per heavy atom. The van der Waals surface area contributed by atoms with Crippen LogP contribution in [-0.4, -0.2) is 27.9 Å². The summed E-state index contributed by atoms with van der Waals surface area (Å²) in [6.07, 6.45) is 3.95. The summed E-state index contributed by atoms with van der Waals surface area (Å²) in [5.74, 6) is 0.622. The van der Waals surface area contributed by atoms with Gasteiger partial charge in [-0.2, -0.15) is 0 Å². The summed E-state index contributed by atoms with van der Waals surface area (Å²) in [5.41, 5.74) is 1.91. The second-order valence-corrected chi connectivity index (χ2v) is 6.19. The molecule has 0 atom stereocenters. The van der Waals surface area contributed by atoms with Crippen LogP contribution < -0.4 is 9.84 Å². The van der Waals surface area contributed by atoms with Crippen molar-refractivity contribution in [3.05, 3.63) is 30.0 Å². The molecule has 1 aliphatic heterocycles. The number of rotatable bonds is 3. The van der Waals surface area contributed by atoms with E-state index in [1.165, 1.54) is 0 Å². The number of hydrogen-bond donors (Lipinski definition) is 4. The molecule has 6 nitrogen and oxygen atoms in total. The van der Waals surface area contributed by atoms with Crippen LogP contribution in [0.2, 0.25) is 0 Å². The highest BCUT2D eigenvalue weighted by molar-refractivity contribution is 7.46. The van der Waals surface area contributed by atoms with Gasteiger partial charge in [0.15, 0.2) is 0 Å². The van der Waals surface area contributed by atoms with Gasteiger partial charge in [-0.1, -0.05) is 6.07 Å². The van der Waals surface area contributed by atoms with Crippen LogP contribution in [-0.2, 0) is 4.57 Å². The molecule has 7 heteroatoms. The van der Waals surface area contributed by atoms with Gasteiger partial charge in [-0.15, -0.1) is 0 Å². The van der Waals surface area contributed by atoms with Gasteiger partial charge in [0.25, 0.3) is 0 Å². The van der Waals surface area contributed by atoms with Gasteiger partial charge >= 0.3 is 7.82 Å². The first-order valence-electron chi connectivity index (χ1n) is 6.60. The van der Waals surface area contributed by atoms with Gasteiger partial charge in [-0.25, -0.2) is 4.57 Å². The van der Waals surface area contributed by atoms with E-state index in [9.17, 15) is 4.57 Å². The van der Waals surface area contributed by atoms with E-state index in [0.717, 1.165) is 42.4 Å². The Hall–Kier alpha value is -1.33. The van der Waals surface area contributed by atoms with Crippen LogP contribution in [0.15, 0.2) is 24.4 Å². The van der Waals surface area contributed by atoms with Crippen LogP contribution in [0.3, 0.4) is 0 Å². The Balaban J connectivity index is 2.06. The molecule has 0 unspecified atom stereocenters. The summed E-state index contributed by atoms with van der Waals surface area (Å²) in [4.78, 5) is 21.2. The molecule has 1 fully saturated rings. The van der Waals surface area contributed by atoms with E-state index in [1.54, 1.807) is 12.1 Å². The maximum atomic E-state index is 11.1. The van der Waals surface area contributed by atoms with Gasteiger partial charge in [0.05, 0.1) is 0 Å². The Morgan fingerprint density at radius 1 is 1.25 bits per heavy atom. The summed E-state index contributed by atoms with van der Waals surface area (Å²) in [6, 6.07) is 5.20. The number of hydrogen-bond acceptors (Lipinski definition) is 3. The van der Waals surface area contributed by atoms with Gasteiger partial charge in [0, 0.05) is 17.1 Å². The fourth-order valence-electron chi connectivity index (χ4n) is 2.84. The van der Waals surface area contributed by atoms with Gasteiger partial charge in [0.1, 0.15) is 5.75 Å². The van der Waals surface area contributed by atoms with E-state index in [2.05, 4.69) is 10.3 Å². The first-order chi connectivity index (χ1) is 9.54. The number of aromatic amines is 1. The molecule has 20 heavy (non-hydrogen) atoms. The van der Waals surface area contributed by atoms with Crippen LogP contribution in [0.25, 0.3) is 10.9 Å². The van der Waals surface area contributed by atoms with E-state index in [0.29, 0.717) is 5.92 Å². The number of benzene rings is 1. The number of phosphoric ester groups is 1. The Labute approximate surface area is 116 Å². The summed E-state index contributed by atoms with van der Waals surface area (Å²) >= 11 is 0. The molecule has 3 rings (SSSR count). The third-order valence-electron chi connectivity index (χ3n) is 3.69. The van der Waals surface area contributed by atoms with Gasteiger partial charge in [-0.05, 0) is 49.5 Å². The summed E-state index contributed by atoms with van der Waals surface area (Å²) in [6.45, 7) is 1.91. The van der Waals surface area contributed by atoms with Gasteiger partial charge in [-0.3, -0.25) is 9.79 Å². The van der Waals surface area contributed by atoms with E-state index in [-0.39, 0.29) is 5.75 Å². The van der Waals surface area contributed by atoms with Gasteiger partial charge in [0.2, 0.25) is 0 Å². The van der Waals surface area contributed by atoms with E-state index in [4.69, 9.17) is 14.3 Å². The number of nitrogens with one attached hydrogen (secondary N) is 2. The first kappa shape index (κ1) is 13.6. The normalized spacial score (nSPS) is 17.5. The maximum absolute atomic E-state index is 11.1. The SMILES string of the molecule is O=P(O)(O)Oc1cccc2[nH]cc(C3CCNCC3)c12. The van der Waals surface area contributed by atoms with Crippen molar-refractivity contribution in [2.75, 3.05) is 13.1 Å². The molecule has 0 amide bonds. The quantitative estimate of drug-likeness (QED) is 0.651. The van der Waals surface area contributed by atoms with Crippen molar-refractivity contribution in [2.24, 2.45) is 0 Å². The molecule has 0 saturated carbocycles. The molecule has 0 bridgehead atoms. The minimum absolute atomic E-state index is 0.241. The number of aromatic nitrogens is 1. The molecule has 4 N–H and O–H groups in total. The molecule has 1 aromatic heterocycles. The lowest BCUT2D eigenvalue weighted by atomic mass is 9.90. The van der Waals surface area contributed by atoms with E-state index in [1.807, 2.05) is 12.3 Å². The highest BCUT2D eigenvalue weighted by Gasteiger charge is 2.23. The molecule has 1 saturated heterocycles. The maximum Gasteiger partial charge on any atom is 0.524 e. The van der Waals surface area contributed by atoms with E-state index >= 15 is 0 Å². The van der Waals surface area contributed by atoms with Crippen LogP contribution in [0.1, 0.15) is 24.3 Å². The number of fused-ring (bicyclic) bond motifs is 1. The first-order valence-corrected chi connectivity index (χ1v) is 8.13. The van der Waals surface area contributed by atoms with Gasteiger partial charge < -0.3 is 14.8 Å². The molecule has 2 aromatic rings. The topological polar surface area (TPSA) is 94.6 Å². The average molecular weight is 296 g/mol. The lowest BCUT2D eigenvalue weighted by Gasteiger charge is -2.22. The van der Waals surface area contributed by atoms with Crippen molar-refractivity contribution in [3.63, 3.8) is 0 Å². The number of piperidine rings is 1. The second kappa shape index (κ2) is 5.22. The zero-order valence-electron chi connectivity index (χ0n) is 10.9. The zero-order valence-corrected chi connectivity index (χ0v) is 11.8. The van der Waals surface area contributed by atoms with E-state index < -0.39 is 7.82 Å². The lowest BCUT2D eigenvalue weighted by Crippen LogP contribution is -2.26. The highest BCUT2D eigenvalue weighted by atomic mass is 31.2. The predicted octanol–water partition coefficient (Wildman–Crippen LogP) is 2.11. The van der Waals surface area contributed by atoms with Crippen molar-refractivity contribution in [1.29, 1.82) is 0 Å².